The van der Waals surface area contributed by atoms with E-state index in [1.165, 1.54) is 18.5 Å². The smallest absolute Gasteiger partial charge is 0.253 e. The minimum Gasteiger partial charge on any atom is -0.352 e. The van der Waals surface area contributed by atoms with Gasteiger partial charge >= 0.3 is 0 Å². The van der Waals surface area contributed by atoms with E-state index < -0.39 is 0 Å². The van der Waals surface area contributed by atoms with E-state index in [-0.39, 0.29) is 11.8 Å². The van der Waals surface area contributed by atoms with Crippen molar-refractivity contribution in [2.24, 2.45) is 5.92 Å². The fourth-order valence-electron chi connectivity index (χ4n) is 1.35. The van der Waals surface area contributed by atoms with Crippen molar-refractivity contribution in [2.75, 3.05) is 13.1 Å². The van der Waals surface area contributed by atoms with Crippen molar-refractivity contribution in [1.82, 2.24) is 15.6 Å². The highest BCUT2D eigenvalue weighted by Gasteiger charge is 2.10. The van der Waals surface area contributed by atoms with Gasteiger partial charge in [0.05, 0.1) is 11.1 Å². The van der Waals surface area contributed by atoms with Gasteiger partial charge in [-0.15, -0.1) is 6.58 Å². The summed E-state index contributed by atoms with van der Waals surface area (Å²) >= 11 is 0. The van der Waals surface area contributed by atoms with Gasteiger partial charge in [-0.1, -0.05) is 19.9 Å². The second-order valence-electron chi connectivity index (χ2n) is 4.56. The van der Waals surface area contributed by atoms with Crippen molar-refractivity contribution in [2.45, 2.75) is 13.8 Å². The van der Waals surface area contributed by atoms with Gasteiger partial charge in [0.15, 0.2) is 0 Å². The SMILES string of the molecule is C=CCNC(=O)c1cncc(C(=O)NCC(C)C)c1. The van der Waals surface area contributed by atoms with Crippen LogP contribution in [-0.4, -0.2) is 29.9 Å². The molecule has 1 aromatic heterocycles. The second kappa shape index (κ2) is 7.31. The molecule has 0 atom stereocenters. The number of nitrogens with one attached hydrogen (secondary N) is 2. The molecule has 0 aromatic carbocycles. The van der Waals surface area contributed by atoms with Gasteiger partial charge < -0.3 is 10.6 Å². The predicted octanol–water partition coefficient (Wildman–Crippen LogP) is 1.38. The van der Waals surface area contributed by atoms with Crippen LogP contribution < -0.4 is 10.6 Å². The summed E-state index contributed by atoms with van der Waals surface area (Å²) in [6.07, 6.45) is 4.46. The van der Waals surface area contributed by atoms with Gasteiger partial charge in [-0.05, 0) is 12.0 Å². The van der Waals surface area contributed by atoms with E-state index in [1.54, 1.807) is 6.08 Å². The number of hydrogen-bond acceptors (Lipinski definition) is 3. The van der Waals surface area contributed by atoms with Crippen molar-refractivity contribution in [3.05, 3.63) is 42.2 Å². The largest absolute Gasteiger partial charge is 0.352 e. The summed E-state index contributed by atoms with van der Waals surface area (Å²) in [6, 6.07) is 1.53. The number of hydrogen-bond donors (Lipinski definition) is 2. The Morgan fingerprint density at radius 2 is 1.84 bits per heavy atom. The summed E-state index contributed by atoms with van der Waals surface area (Å²) in [4.78, 5) is 27.5. The normalized spacial score (nSPS) is 10.1. The Hall–Kier alpha value is -2.17. The lowest BCUT2D eigenvalue weighted by Gasteiger charge is -2.08. The number of carbonyl (C=O) groups excluding carboxylic acids is 2. The van der Waals surface area contributed by atoms with E-state index in [1.807, 2.05) is 13.8 Å². The van der Waals surface area contributed by atoms with Crippen LogP contribution in [0.15, 0.2) is 31.1 Å². The van der Waals surface area contributed by atoms with E-state index in [2.05, 4.69) is 22.2 Å². The summed E-state index contributed by atoms with van der Waals surface area (Å²) in [6.45, 7) is 8.51. The molecule has 0 aliphatic heterocycles. The molecule has 1 heterocycles. The zero-order chi connectivity index (χ0) is 14.3. The molecule has 0 spiro atoms. The summed E-state index contributed by atoms with van der Waals surface area (Å²) in [5, 5.41) is 5.42. The fourth-order valence-corrected chi connectivity index (χ4v) is 1.35. The lowest BCUT2D eigenvalue weighted by Crippen LogP contribution is -2.28. The van der Waals surface area contributed by atoms with E-state index in [0.29, 0.717) is 30.1 Å². The molecule has 102 valence electrons. The topological polar surface area (TPSA) is 71.1 Å². The molecule has 0 bridgehead atoms. The third-order valence-electron chi connectivity index (χ3n) is 2.34. The van der Waals surface area contributed by atoms with Gasteiger partial charge in [0.2, 0.25) is 0 Å². The van der Waals surface area contributed by atoms with Crippen LogP contribution in [0.4, 0.5) is 0 Å². The highest BCUT2D eigenvalue weighted by atomic mass is 16.2. The third kappa shape index (κ3) is 4.91. The maximum Gasteiger partial charge on any atom is 0.253 e. The van der Waals surface area contributed by atoms with Crippen LogP contribution in [0.2, 0.25) is 0 Å². The first-order valence-corrected chi connectivity index (χ1v) is 6.17. The summed E-state index contributed by atoms with van der Waals surface area (Å²) in [5.41, 5.74) is 0.742. The number of rotatable bonds is 6. The second-order valence-corrected chi connectivity index (χ2v) is 4.56. The van der Waals surface area contributed by atoms with E-state index in [9.17, 15) is 9.59 Å². The summed E-state index contributed by atoms with van der Waals surface area (Å²) in [5.74, 6) is -0.124. The zero-order valence-electron chi connectivity index (χ0n) is 11.3. The Bertz CT molecular complexity index is 470. The van der Waals surface area contributed by atoms with E-state index in [0.717, 1.165) is 0 Å². The van der Waals surface area contributed by atoms with Crippen LogP contribution in [0.5, 0.6) is 0 Å². The lowest BCUT2D eigenvalue weighted by molar-refractivity contribution is 0.0948. The Balaban J connectivity index is 2.73. The van der Waals surface area contributed by atoms with Crippen LogP contribution in [0, 0.1) is 5.92 Å². The van der Waals surface area contributed by atoms with Crippen LogP contribution in [-0.2, 0) is 0 Å². The molecular weight excluding hydrogens is 242 g/mol. The van der Waals surface area contributed by atoms with Gasteiger partial charge in [0.1, 0.15) is 0 Å². The first kappa shape index (κ1) is 14.9. The number of nitrogens with zero attached hydrogens (tertiary/aromatic N) is 1. The Morgan fingerprint density at radius 1 is 1.26 bits per heavy atom. The number of carbonyl (C=O) groups is 2. The van der Waals surface area contributed by atoms with Gasteiger partial charge in [-0.25, -0.2) is 0 Å². The average molecular weight is 261 g/mol. The Kier molecular flexibility index (Phi) is 5.73. The van der Waals surface area contributed by atoms with Gasteiger partial charge in [-0.3, -0.25) is 14.6 Å². The Morgan fingerprint density at radius 3 is 2.37 bits per heavy atom. The molecule has 0 aliphatic carbocycles. The van der Waals surface area contributed by atoms with Crippen LogP contribution >= 0.6 is 0 Å². The minimum absolute atomic E-state index is 0.223. The molecule has 0 aliphatic rings. The molecule has 2 N–H and O–H groups in total. The standard InChI is InChI=1S/C14H19N3O2/c1-4-5-16-13(18)11-6-12(9-15-8-11)14(19)17-7-10(2)3/h4,6,8-10H,1,5,7H2,2-3H3,(H,16,18)(H,17,19). The van der Waals surface area contributed by atoms with Crippen LogP contribution in [0.3, 0.4) is 0 Å². The lowest BCUT2D eigenvalue weighted by atomic mass is 10.1. The maximum absolute atomic E-state index is 11.8. The molecule has 0 unspecified atom stereocenters. The zero-order valence-corrected chi connectivity index (χ0v) is 11.3. The molecule has 19 heavy (non-hydrogen) atoms. The first-order valence-electron chi connectivity index (χ1n) is 6.17. The Labute approximate surface area is 113 Å². The number of pyridine rings is 1. The third-order valence-corrected chi connectivity index (χ3v) is 2.34. The highest BCUT2D eigenvalue weighted by molar-refractivity contribution is 5.99. The minimum atomic E-state index is -0.272. The maximum atomic E-state index is 11.8. The van der Waals surface area contributed by atoms with E-state index >= 15 is 0 Å². The molecule has 2 amide bonds. The molecule has 0 radical (unpaired) electrons. The fraction of sp³-hybridized carbons (Fsp3) is 0.357. The molecular formula is C14H19N3O2. The number of aromatic nitrogens is 1. The van der Waals surface area contributed by atoms with Gasteiger partial charge in [0, 0.05) is 25.5 Å². The van der Waals surface area contributed by atoms with Crippen molar-refractivity contribution in [3.63, 3.8) is 0 Å². The number of amides is 2. The summed E-state index contributed by atoms with van der Waals surface area (Å²) in [7, 11) is 0. The monoisotopic (exact) mass is 261 g/mol. The van der Waals surface area contributed by atoms with Crippen molar-refractivity contribution >= 4 is 11.8 Å². The molecule has 5 heteroatoms. The molecule has 1 aromatic rings. The quantitative estimate of drug-likeness (QED) is 0.760. The average Bonchev–Trinajstić information content (AvgIpc) is 2.42. The molecule has 5 nitrogen and oxygen atoms in total. The summed E-state index contributed by atoms with van der Waals surface area (Å²) < 4.78 is 0. The van der Waals surface area contributed by atoms with Crippen LogP contribution in [0.1, 0.15) is 34.6 Å². The predicted molar refractivity (Wildman–Crippen MR) is 73.9 cm³/mol. The van der Waals surface area contributed by atoms with Crippen molar-refractivity contribution in [3.8, 4) is 0 Å². The highest BCUT2D eigenvalue weighted by Crippen LogP contribution is 2.03. The van der Waals surface area contributed by atoms with E-state index in [4.69, 9.17) is 0 Å². The van der Waals surface area contributed by atoms with Gasteiger partial charge in [0.25, 0.3) is 11.8 Å². The van der Waals surface area contributed by atoms with Crippen molar-refractivity contribution < 1.29 is 9.59 Å². The van der Waals surface area contributed by atoms with Crippen LogP contribution in [0.25, 0.3) is 0 Å². The molecule has 0 fully saturated rings. The molecule has 0 saturated heterocycles. The molecule has 1 rings (SSSR count). The van der Waals surface area contributed by atoms with Gasteiger partial charge in [-0.2, -0.15) is 0 Å². The first-order chi connectivity index (χ1) is 9.04. The van der Waals surface area contributed by atoms with Crippen molar-refractivity contribution in [1.29, 1.82) is 0 Å². The molecule has 0 saturated carbocycles.